The van der Waals surface area contributed by atoms with Crippen LogP contribution in [0.4, 0.5) is 4.79 Å². The standard InChI is InChI=1S/C51H49N3O6S/c1-59-47(55)31-18-32-52-48(56)46(35-61-51(37-21-8-3-9-22-37,38-23-10-4-11-24-38)39-25-12-5-13-26-39)53-49(57)45(33-36-19-6-2-7-20-36)54-50(58)60-34-44-42-29-16-14-27-40(42)41-28-15-17-30-43(41)44/h2-17,19-30,44-46H,18,31-35H2,1H3,(H,52,56)(H,53,57)(H,54,58)/t45-,46-/m1/s1. The van der Waals surface area contributed by atoms with Crippen molar-refractivity contribution < 1.29 is 28.7 Å². The van der Waals surface area contributed by atoms with Gasteiger partial charge < -0.3 is 25.4 Å². The fraction of sp³-hybridized carbons (Fsp3) is 0.216. The van der Waals surface area contributed by atoms with E-state index in [1.165, 1.54) is 18.9 Å². The Morgan fingerprint density at radius 2 is 1.10 bits per heavy atom. The zero-order chi connectivity index (χ0) is 42.4. The molecule has 0 aliphatic heterocycles. The number of ether oxygens (including phenoxy) is 2. The molecule has 1 aliphatic rings. The Hall–Kier alpha value is -6.65. The van der Waals surface area contributed by atoms with Crippen LogP contribution in [0.25, 0.3) is 11.1 Å². The number of hydrogen-bond acceptors (Lipinski definition) is 7. The van der Waals surface area contributed by atoms with Crippen molar-refractivity contribution in [2.75, 3.05) is 26.0 Å². The van der Waals surface area contributed by atoms with Gasteiger partial charge in [-0.15, -0.1) is 11.8 Å². The van der Waals surface area contributed by atoms with Gasteiger partial charge in [-0.3, -0.25) is 14.4 Å². The lowest BCUT2D eigenvalue weighted by Crippen LogP contribution is -2.55. The van der Waals surface area contributed by atoms with Crippen molar-refractivity contribution in [3.8, 4) is 11.1 Å². The number of carbonyl (C=O) groups excluding carboxylic acids is 4. The molecule has 61 heavy (non-hydrogen) atoms. The van der Waals surface area contributed by atoms with Gasteiger partial charge in [-0.05, 0) is 50.9 Å². The fourth-order valence-electron chi connectivity index (χ4n) is 7.94. The highest BCUT2D eigenvalue weighted by Crippen LogP contribution is 2.49. The van der Waals surface area contributed by atoms with Crippen LogP contribution in [0.5, 0.6) is 0 Å². The minimum Gasteiger partial charge on any atom is -0.469 e. The van der Waals surface area contributed by atoms with E-state index in [1.54, 1.807) is 0 Å². The van der Waals surface area contributed by atoms with Gasteiger partial charge in [0.2, 0.25) is 11.8 Å². The molecule has 0 heterocycles. The molecule has 7 rings (SSSR count). The Bertz CT molecular complexity index is 2260. The highest BCUT2D eigenvalue weighted by Gasteiger charge is 2.39. The Kier molecular flexibility index (Phi) is 14.3. The lowest BCUT2D eigenvalue weighted by atomic mass is 9.84. The van der Waals surface area contributed by atoms with Crippen molar-refractivity contribution in [2.45, 2.75) is 42.0 Å². The number of hydrogen-bond donors (Lipinski definition) is 3. The number of carbonyl (C=O) groups is 4. The average Bonchev–Trinajstić information content (AvgIpc) is 3.63. The molecule has 310 valence electrons. The van der Waals surface area contributed by atoms with Crippen molar-refractivity contribution in [3.63, 3.8) is 0 Å². The SMILES string of the molecule is COC(=O)CCCNC(=O)[C@@H](CSC(c1ccccc1)(c1ccccc1)c1ccccc1)NC(=O)[C@@H](Cc1ccccc1)NC(=O)OCC1c2ccccc2-c2ccccc21. The zero-order valence-corrected chi connectivity index (χ0v) is 34.8. The summed E-state index contributed by atoms with van der Waals surface area (Å²) < 4.78 is 9.90. The molecule has 1 aliphatic carbocycles. The molecule has 9 nitrogen and oxygen atoms in total. The lowest BCUT2D eigenvalue weighted by molar-refractivity contribution is -0.140. The van der Waals surface area contributed by atoms with Gasteiger partial charge in [0, 0.05) is 31.1 Å². The molecule has 6 aromatic carbocycles. The van der Waals surface area contributed by atoms with E-state index in [1.807, 2.05) is 121 Å². The van der Waals surface area contributed by atoms with E-state index in [0.29, 0.717) is 6.42 Å². The smallest absolute Gasteiger partial charge is 0.407 e. The van der Waals surface area contributed by atoms with Crippen LogP contribution in [-0.2, 0) is 35.0 Å². The summed E-state index contributed by atoms with van der Waals surface area (Å²) in [5.41, 5.74) is 8.18. The molecule has 0 bridgehead atoms. The summed E-state index contributed by atoms with van der Waals surface area (Å²) in [5.74, 6) is -1.36. The van der Waals surface area contributed by atoms with Crippen LogP contribution in [0, 0.1) is 0 Å². The topological polar surface area (TPSA) is 123 Å². The maximum Gasteiger partial charge on any atom is 0.407 e. The van der Waals surface area contributed by atoms with Gasteiger partial charge in [-0.2, -0.15) is 0 Å². The van der Waals surface area contributed by atoms with E-state index >= 15 is 0 Å². The van der Waals surface area contributed by atoms with Crippen molar-refractivity contribution in [1.29, 1.82) is 0 Å². The van der Waals surface area contributed by atoms with E-state index in [0.717, 1.165) is 44.5 Å². The number of methoxy groups -OCH3 is 1. The minimum atomic E-state index is -1.08. The van der Waals surface area contributed by atoms with Crippen LogP contribution in [0.3, 0.4) is 0 Å². The van der Waals surface area contributed by atoms with Gasteiger partial charge in [0.05, 0.1) is 11.9 Å². The Labute approximate surface area is 361 Å². The monoisotopic (exact) mass is 831 g/mol. The number of rotatable bonds is 18. The molecule has 0 fully saturated rings. The van der Waals surface area contributed by atoms with Crippen molar-refractivity contribution in [3.05, 3.63) is 203 Å². The first-order chi connectivity index (χ1) is 29.9. The van der Waals surface area contributed by atoms with E-state index in [9.17, 15) is 19.2 Å². The van der Waals surface area contributed by atoms with Gasteiger partial charge in [0.25, 0.3) is 0 Å². The molecule has 0 unspecified atom stereocenters. The van der Waals surface area contributed by atoms with Crippen molar-refractivity contribution in [2.24, 2.45) is 0 Å². The molecular weight excluding hydrogens is 783 g/mol. The van der Waals surface area contributed by atoms with Crippen LogP contribution in [-0.4, -0.2) is 62.0 Å². The van der Waals surface area contributed by atoms with Gasteiger partial charge in [0.1, 0.15) is 18.7 Å². The molecule has 2 atom stereocenters. The molecule has 0 spiro atoms. The van der Waals surface area contributed by atoms with Crippen LogP contribution >= 0.6 is 11.8 Å². The second-order valence-corrected chi connectivity index (χ2v) is 16.1. The average molecular weight is 832 g/mol. The molecule has 3 amide bonds. The number of amides is 3. The van der Waals surface area contributed by atoms with E-state index < -0.39 is 34.7 Å². The second kappa shape index (κ2) is 20.5. The van der Waals surface area contributed by atoms with Crippen LogP contribution in [0.15, 0.2) is 170 Å². The van der Waals surface area contributed by atoms with Crippen LogP contribution < -0.4 is 16.0 Å². The molecule has 0 aromatic heterocycles. The summed E-state index contributed by atoms with van der Waals surface area (Å²) in [6.07, 6.45) is -0.106. The first-order valence-corrected chi connectivity index (χ1v) is 21.5. The van der Waals surface area contributed by atoms with Gasteiger partial charge in [-0.25, -0.2) is 4.79 Å². The summed E-state index contributed by atoms with van der Waals surface area (Å²) in [6.45, 7) is 0.269. The predicted molar refractivity (Wildman–Crippen MR) is 240 cm³/mol. The molecule has 6 aromatic rings. The van der Waals surface area contributed by atoms with Crippen LogP contribution in [0.2, 0.25) is 0 Å². The number of nitrogens with one attached hydrogen (secondary N) is 3. The first kappa shape index (κ1) is 42.5. The molecule has 0 saturated carbocycles. The third-order valence-corrected chi connectivity index (χ3v) is 12.6. The fourth-order valence-corrected chi connectivity index (χ4v) is 9.50. The normalized spacial score (nSPS) is 12.9. The zero-order valence-electron chi connectivity index (χ0n) is 34.0. The molecule has 0 saturated heterocycles. The Morgan fingerprint density at radius 3 is 1.62 bits per heavy atom. The highest BCUT2D eigenvalue weighted by atomic mass is 32.2. The largest absolute Gasteiger partial charge is 0.469 e. The Morgan fingerprint density at radius 1 is 0.607 bits per heavy atom. The third-order valence-electron chi connectivity index (χ3n) is 11.0. The quantitative estimate of drug-likeness (QED) is 0.0452. The third kappa shape index (κ3) is 10.2. The number of alkyl carbamates (subject to hydrolysis) is 1. The highest BCUT2D eigenvalue weighted by molar-refractivity contribution is 8.00. The summed E-state index contributed by atoms with van der Waals surface area (Å²) in [7, 11) is 1.32. The van der Waals surface area contributed by atoms with Crippen molar-refractivity contribution in [1.82, 2.24) is 16.0 Å². The summed E-state index contributed by atoms with van der Waals surface area (Å²) in [5, 5.41) is 8.79. The number of thioether (sulfide) groups is 1. The number of fused-ring (bicyclic) bond motifs is 3. The van der Waals surface area contributed by atoms with E-state index in [-0.39, 0.29) is 43.6 Å². The molecule has 10 heteroatoms. The van der Waals surface area contributed by atoms with Gasteiger partial charge >= 0.3 is 12.1 Å². The minimum absolute atomic E-state index is 0.0767. The van der Waals surface area contributed by atoms with Gasteiger partial charge in [0.15, 0.2) is 0 Å². The molecule has 3 N–H and O–H groups in total. The molecular formula is C51H49N3O6S. The first-order valence-electron chi connectivity index (χ1n) is 20.5. The van der Waals surface area contributed by atoms with Gasteiger partial charge in [-0.1, -0.05) is 170 Å². The second-order valence-electron chi connectivity index (χ2n) is 14.8. The lowest BCUT2D eigenvalue weighted by Gasteiger charge is -2.36. The number of benzene rings is 6. The van der Waals surface area contributed by atoms with E-state index in [2.05, 4.69) is 64.5 Å². The molecule has 0 radical (unpaired) electrons. The summed E-state index contributed by atoms with van der Waals surface area (Å²) in [4.78, 5) is 54.3. The maximum absolute atomic E-state index is 14.5. The maximum atomic E-state index is 14.5. The summed E-state index contributed by atoms with van der Waals surface area (Å²) >= 11 is 1.53. The Balaban J connectivity index is 1.15. The van der Waals surface area contributed by atoms with Crippen LogP contribution in [0.1, 0.15) is 52.1 Å². The van der Waals surface area contributed by atoms with Crippen molar-refractivity contribution >= 4 is 35.6 Å². The summed E-state index contributed by atoms with van der Waals surface area (Å²) in [6, 6.07) is 53.7. The van der Waals surface area contributed by atoms with E-state index in [4.69, 9.17) is 9.47 Å². The predicted octanol–water partition coefficient (Wildman–Crippen LogP) is 8.42. The number of esters is 1.